The molecule has 4 aromatic rings. The summed E-state index contributed by atoms with van der Waals surface area (Å²) in [5.74, 6) is 0.547. The monoisotopic (exact) mass is 469 g/mol. The number of ether oxygens (including phenoxy) is 1. The minimum atomic E-state index is -4.00. The lowest BCUT2D eigenvalue weighted by molar-refractivity contribution is 0.336. The molecule has 8 nitrogen and oxygen atoms in total. The second-order valence-corrected chi connectivity index (χ2v) is 11.4. The average molecular weight is 470 g/mol. The zero-order chi connectivity index (χ0) is 22.7. The zero-order valence-electron chi connectivity index (χ0n) is 17.0. The lowest BCUT2D eigenvalue weighted by Gasteiger charge is -2.12. The van der Waals surface area contributed by atoms with Gasteiger partial charge in [-0.1, -0.05) is 24.3 Å². The highest BCUT2D eigenvalue weighted by atomic mass is 32.2. The SMILES string of the molecule is CS(=O)(=O)c1ccc(-c2cc3c4c(ccc3n2S(=O)(=O)c2ccccc2)C(N)CO4)nc1. The second-order valence-electron chi connectivity index (χ2n) is 7.60. The highest BCUT2D eigenvalue weighted by Gasteiger charge is 2.30. The maximum Gasteiger partial charge on any atom is 0.268 e. The minimum absolute atomic E-state index is 0.0463. The Balaban J connectivity index is 1.82. The molecule has 2 aromatic heterocycles. The molecule has 2 aromatic carbocycles. The number of benzene rings is 2. The fourth-order valence-corrected chi connectivity index (χ4v) is 5.94. The molecule has 3 heterocycles. The maximum absolute atomic E-state index is 13.7. The number of rotatable bonds is 4. The van der Waals surface area contributed by atoms with Gasteiger partial charge >= 0.3 is 0 Å². The van der Waals surface area contributed by atoms with Crippen LogP contribution in [0.15, 0.2) is 76.7 Å². The Kier molecular flexibility index (Phi) is 4.63. The first-order chi connectivity index (χ1) is 15.2. The molecule has 0 bridgehead atoms. The third kappa shape index (κ3) is 3.19. The van der Waals surface area contributed by atoms with Crippen LogP contribution in [-0.4, -0.2) is 38.7 Å². The Morgan fingerprint density at radius 2 is 1.75 bits per heavy atom. The topological polar surface area (TPSA) is 121 Å². The Hall–Kier alpha value is -3.21. The quantitative estimate of drug-likeness (QED) is 0.488. The van der Waals surface area contributed by atoms with Crippen LogP contribution in [0, 0.1) is 0 Å². The lowest BCUT2D eigenvalue weighted by Crippen LogP contribution is -2.14. The van der Waals surface area contributed by atoms with Crippen molar-refractivity contribution in [2.75, 3.05) is 12.9 Å². The van der Waals surface area contributed by atoms with Crippen molar-refractivity contribution in [3.05, 3.63) is 72.4 Å². The van der Waals surface area contributed by atoms with Crippen molar-refractivity contribution in [2.45, 2.75) is 15.8 Å². The van der Waals surface area contributed by atoms with E-state index in [0.717, 1.165) is 11.8 Å². The van der Waals surface area contributed by atoms with Gasteiger partial charge in [0.1, 0.15) is 12.4 Å². The van der Waals surface area contributed by atoms with Crippen LogP contribution in [0.4, 0.5) is 0 Å². The molecule has 0 spiro atoms. The van der Waals surface area contributed by atoms with Gasteiger partial charge in [0, 0.05) is 23.4 Å². The molecule has 32 heavy (non-hydrogen) atoms. The molecule has 0 amide bonds. The number of fused-ring (bicyclic) bond motifs is 3. The number of sulfone groups is 1. The molecule has 0 radical (unpaired) electrons. The Labute approximate surface area is 185 Å². The van der Waals surface area contributed by atoms with Crippen LogP contribution in [0.2, 0.25) is 0 Å². The summed E-state index contributed by atoms with van der Waals surface area (Å²) in [7, 11) is -7.44. The van der Waals surface area contributed by atoms with Gasteiger partial charge in [-0.25, -0.2) is 20.8 Å². The summed E-state index contributed by atoms with van der Waals surface area (Å²) in [5.41, 5.74) is 7.94. The van der Waals surface area contributed by atoms with E-state index in [-0.39, 0.29) is 15.8 Å². The average Bonchev–Trinajstić information content (AvgIpc) is 3.35. The summed E-state index contributed by atoms with van der Waals surface area (Å²) in [4.78, 5) is 4.42. The van der Waals surface area contributed by atoms with Gasteiger partial charge in [0.25, 0.3) is 10.0 Å². The molecule has 2 N–H and O–H groups in total. The van der Waals surface area contributed by atoms with Crippen LogP contribution < -0.4 is 10.5 Å². The van der Waals surface area contributed by atoms with Crippen molar-refractivity contribution in [1.29, 1.82) is 0 Å². The fourth-order valence-electron chi connectivity index (χ4n) is 3.85. The number of nitrogens with zero attached hydrogens (tertiary/aromatic N) is 2. The van der Waals surface area contributed by atoms with Gasteiger partial charge in [0.15, 0.2) is 9.84 Å². The Morgan fingerprint density at radius 3 is 2.41 bits per heavy atom. The molecular formula is C22H19N3O5S2. The van der Waals surface area contributed by atoms with E-state index in [0.29, 0.717) is 34.6 Å². The Morgan fingerprint density at radius 1 is 1.00 bits per heavy atom. The van der Waals surface area contributed by atoms with E-state index in [9.17, 15) is 16.8 Å². The van der Waals surface area contributed by atoms with Crippen LogP contribution in [-0.2, 0) is 19.9 Å². The predicted octanol–water partition coefficient (Wildman–Crippen LogP) is 2.74. The molecule has 5 rings (SSSR count). The van der Waals surface area contributed by atoms with Gasteiger partial charge in [-0.15, -0.1) is 0 Å². The molecule has 164 valence electrons. The van der Waals surface area contributed by atoms with Crippen LogP contribution in [0.5, 0.6) is 5.75 Å². The van der Waals surface area contributed by atoms with Crippen LogP contribution >= 0.6 is 0 Å². The first-order valence-electron chi connectivity index (χ1n) is 9.72. The standard InChI is InChI=1S/C22H19N3O5S2/c1-31(26,27)15-7-9-19(24-12-15)21-11-17-20(10-8-16-18(23)13-30-22(16)17)25(21)32(28,29)14-5-3-2-4-6-14/h2-12,18H,13,23H2,1H3. The number of hydrogen-bond acceptors (Lipinski definition) is 7. The van der Waals surface area contributed by atoms with Crippen molar-refractivity contribution in [1.82, 2.24) is 8.96 Å². The van der Waals surface area contributed by atoms with Crippen molar-refractivity contribution in [3.8, 4) is 17.1 Å². The van der Waals surface area contributed by atoms with Gasteiger partial charge in [-0.3, -0.25) is 4.98 Å². The maximum atomic E-state index is 13.7. The summed E-state index contributed by atoms with van der Waals surface area (Å²) in [5, 5.41) is 0.596. The van der Waals surface area contributed by atoms with Gasteiger partial charge in [0.05, 0.1) is 32.7 Å². The van der Waals surface area contributed by atoms with Gasteiger partial charge < -0.3 is 10.5 Å². The van der Waals surface area contributed by atoms with Gasteiger partial charge in [0.2, 0.25) is 0 Å². The molecule has 1 atom stereocenters. The van der Waals surface area contributed by atoms with E-state index in [1.807, 2.05) is 0 Å². The zero-order valence-corrected chi connectivity index (χ0v) is 18.6. The molecule has 0 aliphatic carbocycles. The van der Waals surface area contributed by atoms with Crippen molar-refractivity contribution >= 4 is 30.8 Å². The summed E-state index contributed by atoms with van der Waals surface area (Å²) in [6.07, 6.45) is 2.31. The lowest BCUT2D eigenvalue weighted by atomic mass is 10.1. The normalized spacial score (nSPS) is 16.1. The van der Waals surface area contributed by atoms with E-state index in [2.05, 4.69) is 4.98 Å². The number of pyridine rings is 1. The van der Waals surface area contributed by atoms with E-state index in [4.69, 9.17) is 10.5 Å². The largest absolute Gasteiger partial charge is 0.491 e. The van der Waals surface area contributed by atoms with Crippen molar-refractivity contribution in [3.63, 3.8) is 0 Å². The molecule has 0 saturated heterocycles. The van der Waals surface area contributed by atoms with Gasteiger partial charge in [-0.05, 0) is 36.4 Å². The van der Waals surface area contributed by atoms with E-state index in [1.54, 1.807) is 36.4 Å². The predicted molar refractivity (Wildman–Crippen MR) is 120 cm³/mol. The molecule has 0 fully saturated rings. The summed E-state index contributed by atoms with van der Waals surface area (Å²) in [6, 6.07) is 15.9. The van der Waals surface area contributed by atoms with Crippen LogP contribution in [0.3, 0.4) is 0 Å². The smallest absolute Gasteiger partial charge is 0.268 e. The van der Waals surface area contributed by atoms with Crippen molar-refractivity contribution in [2.24, 2.45) is 5.73 Å². The highest BCUT2D eigenvalue weighted by Crippen LogP contribution is 2.42. The Bertz CT molecular complexity index is 1560. The summed E-state index contributed by atoms with van der Waals surface area (Å²) >= 11 is 0. The molecule has 0 saturated carbocycles. The molecule has 1 aliphatic rings. The van der Waals surface area contributed by atoms with Crippen LogP contribution in [0.1, 0.15) is 11.6 Å². The first kappa shape index (κ1) is 20.7. The van der Waals surface area contributed by atoms with E-state index >= 15 is 0 Å². The number of aromatic nitrogens is 2. The summed E-state index contributed by atoms with van der Waals surface area (Å²) in [6.45, 7) is 0.307. The number of nitrogens with two attached hydrogens (primary N) is 1. The van der Waals surface area contributed by atoms with Gasteiger partial charge in [-0.2, -0.15) is 0 Å². The summed E-state index contributed by atoms with van der Waals surface area (Å²) < 4.78 is 58.0. The van der Waals surface area contributed by atoms with E-state index in [1.165, 1.54) is 34.4 Å². The van der Waals surface area contributed by atoms with Crippen LogP contribution in [0.25, 0.3) is 22.3 Å². The third-order valence-electron chi connectivity index (χ3n) is 5.44. The highest BCUT2D eigenvalue weighted by molar-refractivity contribution is 7.90. The van der Waals surface area contributed by atoms with E-state index < -0.39 is 19.9 Å². The molecular weight excluding hydrogens is 450 g/mol. The minimum Gasteiger partial charge on any atom is -0.491 e. The van der Waals surface area contributed by atoms with Crippen molar-refractivity contribution < 1.29 is 21.6 Å². The molecule has 1 aliphatic heterocycles. The first-order valence-corrected chi connectivity index (χ1v) is 13.0. The number of hydrogen-bond donors (Lipinski definition) is 1. The third-order valence-corrected chi connectivity index (χ3v) is 8.28. The molecule has 10 heteroatoms. The second kappa shape index (κ2) is 7.16. The fraction of sp³-hybridized carbons (Fsp3) is 0.136. The molecule has 1 unspecified atom stereocenters.